The number of carbonyl (C=O) groups excluding carboxylic acids is 1. The number of aromatic nitrogens is 1. The number of rotatable bonds is 6. The van der Waals surface area contributed by atoms with Gasteiger partial charge in [-0.1, -0.05) is 18.2 Å². The number of pyridine rings is 1. The van der Waals surface area contributed by atoms with Crippen molar-refractivity contribution >= 4 is 5.78 Å². The number of Topliss-reactive ketones (excluding diaryl/α,β-unsaturated/α-hetero) is 1. The van der Waals surface area contributed by atoms with E-state index in [1.54, 1.807) is 7.11 Å². The third-order valence-electron chi connectivity index (χ3n) is 6.12. The Bertz CT molecular complexity index is 1120. The maximum Gasteiger partial charge on any atom is 0.231 e. The first-order valence-corrected chi connectivity index (χ1v) is 10.1. The standard InChI is InChI=1S/C25H23NO4/c1-16-11-19(26-14-21(16)17-3-6-20(28-2)7-4-17)13-24(27)25(9-10-25)18-5-8-22-23(12-18)30-15-29-22/h3-8,11-12,14H,9-10,13,15H2,1-2H3. The minimum atomic E-state index is -0.411. The monoisotopic (exact) mass is 401 g/mol. The molecule has 5 heteroatoms. The van der Waals surface area contributed by atoms with Crippen molar-refractivity contribution in [2.45, 2.75) is 31.6 Å². The van der Waals surface area contributed by atoms with Gasteiger partial charge in [-0.05, 0) is 66.8 Å². The lowest BCUT2D eigenvalue weighted by atomic mass is 9.88. The summed E-state index contributed by atoms with van der Waals surface area (Å²) < 4.78 is 16.1. The lowest BCUT2D eigenvalue weighted by Crippen LogP contribution is -2.23. The molecule has 0 atom stereocenters. The van der Waals surface area contributed by atoms with E-state index in [0.29, 0.717) is 6.42 Å². The number of hydrogen-bond donors (Lipinski definition) is 0. The molecule has 152 valence electrons. The molecule has 0 bridgehead atoms. The van der Waals surface area contributed by atoms with Gasteiger partial charge in [-0.3, -0.25) is 9.78 Å². The fourth-order valence-electron chi connectivity index (χ4n) is 4.17. The van der Waals surface area contributed by atoms with E-state index in [9.17, 15) is 4.79 Å². The van der Waals surface area contributed by atoms with Gasteiger partial charge in [0.1, 0.15) is 11.5 Å². The second-order valence-electron chi connectivity index (χ2n) is 7.97. The molecule has 0 radical (unpaired) electrons. The number of methoxy groups -OCH3 is 1. The van der Waals surface area contributed by atoms with Crippen LogP contribution in [0.5, 0.6) is 17.2 Å². The molecule has 1 aliphatic heterocycles. The van der Waals surface area contributed by atoms with Gasteiger partial charge >= 0.3 is 0 Å². The average Bonchev–Trinajstić information content (AvgIpc) is 3.45. The number of aryl methyl sites for hydroxylation is 1. The molecule has 1 saturated carbocycles. The zero-order valence-electron chi connectivity index (χ0n) is 17.1. The Hall–Kier alpha value is -3.34. The highest BCUT2D eigenvalue weighted by atomic mass is 16.7. The van der Waals surface area contributed by atoms with Crippen LogP contribution in [0.25, 0.3) is 11.1 Å². The van der Waals surface area contributed by atoms with Crippen molar-refractivity contribution in [3.8, 4) is 28.4 Å². The van der Waals surface area contributed by atoms with Crippen molar-refractivity contribution in [1.29, 1.82) is 0 Å². The van der Waals surface area contributed by atoms with Crippen molar-refractivity contribution in [3.63, 3.8) is 0 Å². The summed E-state index contributed by atoms with van der Waals surface area (Å²) >= 11 is 0. The predicted molar refractivity (Wildman–Crippen MR) is 113 cm³/mol. The fraction of sp³-hybridized carbons (Fsp3) is 0.280. The van der Waals surface area contributed by atoms with E-state index in [2.05, 4.69) is 11.9 Å². The normalized spacial score (nSPS) is 15.7. The van der Waals surface area contributed by atoms with E-state index in [1.165, 1.54) is 0 Å². The van der Waals surface area contributed by atoms with Crippen LogP contribution in [-0.2, 0) is 16.6 Å². The zero-order chi connectivity index (χ0) is 20.7. The third kappa shape index (κ3) is 3.20. The van der Waals surface area contributed by atoms with E-state index in [1.807, 2.05) is 54.7 Å². The number of ketones is 1. The van der Waals surface area contributed by atoms with Crippen molar-refractivity contribution in [1.82, 2.24) is 4.98 Å². The molecule has 2 aromatic carbocycles. The smallest absolute Gasteiger partial charge is 0.231 e. The summed E-state index contributed by atoms with van der Waals surface area (Å²) in [6.45, 7) is 2.30. The Balaban J connectivity index is 1.35. The summed E-state index contributed by atoms with van der Waals surface area (Å²) in [7, 11) is 1.66. The van der Waals surface area contributed by atoms with Crippen molar-refractivity contribution in [2.24, 2.45) is 0 Å². The second-order valence-corrected chi connectivity index (χ2v) is 7.97. The van der Waals surface area contributed by atoms with Crippen molar-refractivity contribution in [3.05, 3.63) is 71.5 Å². The Labute approximate surface area is 175 Å². The molecule has 30 heavy (non-hydrogen) atoms. The molecular weight excluding hydrogens is 378 g/mol. The highest BCUT2D eigenvalue weighted by Crippen LogP contribution is 2.51. The molecule has 5 rings (SSSR count). The first-order valence-electron chi connectivity index (χ1n) is 10.1. The predicted octanol–water partition coefficient (Wildman–Crippen LogP) is 4.64. The fourth-order valence-corrected chi connectivity index (χ4v) is 4.17. The largest absolute Gasteiger partial charge is 0.497 e. The van der Waals surface area contributed by atoms with Gasteiger partial charge in [-0.25, -0.2) is 0 Å². The molecule has 1 aliphatic carbocycles. The van der Waals surface area contributed by atoms with Gasteiger partial charge in [-0.15, -0.1) is 0 Å². The molecule has 0 unspecified atom stereocenters. The minimum absolute atomic E-state index is 0.213. The molecular formula is C25H23NO4. The second kappa shape index (κ2) is 7.17. The molecule has 0 amide bonds. The van der Waals surface area contributed by atoms with Crippen molar-refractivity contribution < 1.29 is 19.0 Å². The van der Waals surface area contributed by atoms with Gasteiger partial charge in [0.15, 0.2) is 11.5 Å². The average molecular weight is 401 g/mol. The molecule has 1 aromatic heterocycles. The molecule has 2 heterocycles. The SMILES string of the molecule is COc1ccc(-c2cnc(CC(=O)C3(c4ccc5c(c4)OCO5)CC3)cc2C)cc1. The molecule has 0 N–H and O–H groups in total. The summed E-state index contributed by atoms with van der Waals surface area (Å²) in [5, 5.41) is 0. The van der Waals surface area contributed by atoms with Crippen LogP contribution in [-0.4, -0.2) is 24.7 Å². The Morgan fingerprint density at radius 3 is 2.53 bits per heavy atom. The number of benzene rings is 2. The number of carbonyl (C=O) groups is 1. The van der Waals surface area contributed by atoms with Gasteiger partial charge in [-0.2, -0.15) is 0 Å². The third-order valence-corrected chi connectivity index (χ3v) is 6.12. The number of nitrogens with zero attached hydrogens (tertiary/aromatic N) is 1. The topological polar surface area (TPSA) is 57.7 Å². The van der Waals surface area contributed by atoms with Crippen LogP contribution in [0.1, 0.15) is 29.7 Å². The van der Waals surface area contributed by atoms with Gasteiger partial charge in [0, 0.05) is 23.9 Å². The summed E-state index contributed by atoms with van der Waals surface area (Å²) in [5.74, 6) is 2.51. The summed E-state index contributed by atoms with van der Waals surface area (Å²) in [6, 6.07) is 15.8. The molecule has 3 aromatic rings. The maximum absolute atomic E-state index is 13.2. The van der Waals surface area contributed by atoms with E-state index in [-0.39, 0.29) is 12.6 Å². The molecule has 1 fully saturated rings. The highest BCUT2D eigenvalue weighted by Gasteiger charge is 2.50. The zero-order valence-corrected chi connectivity index (χ0v) is 17.1. The number of hydrogen-bond acceptors (Lipinski definition) is 5. The van der Waals surface area contributed by atoms with Crippen LogP contribution in [0.3, 0.4) is 0 Å². The van der Waals surface area contributed by atoms with Crippen LogP contribution >= 0.6 is 0 Å². The van der Waals surface area contributed by atoms with Crippen LogP contribution < -0.4 is 14.2 Å². The molecule has 0 saturated heterocycles. The van der Waals surface area contributed by atoms with Crippen molar-refractivity contribution in [2.75, 3.05) is 13.9 Å². The summed E-state index contributed by atoms with van der Waals surface area (Å²) in [4.78, 5) is 17.8. The van der Waals surface area contributed by atoms with E-state index >= 15 is 0 Å². The summed E-state index contributed by atoms with van der Waals surface area (Å²) in [5.41, 5.74) is 4.66. The first-order chi connectivity index (χ1) is 14.6. The van der Waals surface area contributed by atoms with Gasteiger partial charge in [0.05, 0.1) is 12.5 Å². The van der Waals surface area contributed by atoms with E-state index in [0.717, 1.165) is 58.0 Å². The summed E-state index contributed by atoms with van der Waals surface area (Å²) in [6.07, 6.45) is 3.93. The van der Waals surface area contributed by atoms with Gasteiger partial charge in [0.2, 0.25) is 6.79 Å². The Morgan fingerprint density at radius 2 is 1.83 bits per heavy atom. The molecule has 5 nitrogen and oxygen atoms in total. The first kappa shape index (κ1) is 18.7. The van der Waals surface area contributed by atoms with Crippen LogP contribution in [0.4, 0.5) is 0 Å². The number of fused-ring (bicyclic) bond motifs is 1. The minimum Gasteiger partial charge on any atom is -0.497 e. The van der Waals surface area contributed by atoms with Gasteiger partial charge < -0.3 is 14.2 Å². The van der Waals surface area contributed by atoms with Crippen LogP contribution in [0.2, 0.25) is 0 Å². The lowest BCUT2D eigenvalue weighted by molar-refractivity contribution is -0.120. The van der Waals surface area contributed by atoms with Gasteiger partial charge in [0.25, 0.3) is 0 Å². The Kier molecular flexibility index (Phi) is 4.46. The Morgan fingerprint density at radius 1 is 1.07 bits per heavy atom. The quantitative estimate of drug-likeness (QED) is 0.602. The lowest BCUT2D eigenvalue weighted by Gasteiger charge is -2.15. The van der Waals surface area contributed by atoms with Crippen LogP contribution in [0, 0.1) is 6.92 Å². The number of ether oxygens (including phenoxy) is 3. The van der Waals surface area contributed by atoms with E-state index in [4.69, 9.17) is 14.2 Å². The molecule has 2 aliphatic rings. The highest BCUT2D eigenvalue weighted by molar-refractivity contribution is 5.94. The molecule has 0 spiro atoms. The van der Waals surface area contributed by atoms with Crippen LogP contribution in [0.15, 0.2) is 54.7 Å². The van der Waals surface area contributed by atoms with E-state index < -0.39 is 5.41 Å². The maximum atomic E-state index is 13.2.